The van der Waals surface area contributed by atoms with Gasteiger partial charge >= 0.3 is 5.97 Å². The van der Waals surface area contributed by atoms with Crippen LogP contribution in [-0.4, -0.2) is 23.0 Å². The Bertz CT molecular complexity index is 622. The molecule has 1 heterocycles. The van der Waals surface area contributed by atoms with Crippen LogP contribution in [0.25, 0.3) is 0 Å². The first-order valence-corrected chi connectivity index (χ1v) is 6.30. The second kappa shape index (κ2) is 5.99. The molecule has 0 radical (unpaired) electrons. The van der Waals surface area contributed by atoms with Crippen LogP contribution in [0.5, 0.6) is 11.6 Å². The van der Waals surface area contributed by atoms with Gasteiger partial charge in [0.25, 0.3) is 0 Å². The lowest BCUT2D eigenvalue weighted by atomic mass is 10.3. The molecule has 0 aliphatic heterocycles. The van der Waals surface area contributed by atoms with E-state index in [4.69, 9.17) is 16.3 Å². The van der Waals surface area contributed by atoms with E-state index in [1.807, 2.05) is 0 Å². The summed E-state index contributed by atoms with van der Waals surface area (Å²) < 4.78 is 10.8. The number of nitrogens with zero attached hydrogens (tertiary/aromatic N) is 2. The van der Waals surface area contributed by atoms with Gasteiger partial charge in [0.2, 0.25) is 5.88 Å². The highest BCUT2D eigenvalue weighted by molar-refractivity contribution is 9.10. The van der Waals surface area contributed by atoms with Crippen LogP contribution in [0.3, 0.4) is 0 Å². The molecule has 0 atom stereocenters. The van der Waals surface area contributed by atoms with E-state index in [1.165, 1.54) is 19.5 Å². The van der Waals surface area contributed by atoms with Gasteiger partial charge in [0.15, 0.2) is 5.69 Å². The highest BCUT2D eigenvalue weighted by Crippen LogP contribution is 2.31. The average Bonchev–Trinajstić information content (AvgIpc) is 2.42. The molecule has 0 bridgehead atoms. The van der Waals surface area contributed by atoms with E-state index in [9.17, 15) is 4.79 Å². The molecule has 5 nitrogen and oxygen atoms in total. The van der Waals surface area contributed by atoms with Crippen LogP contribution < -0.4 is 4.74 Å². The van der Waals surface area contributed by atoms with Crippen molar-refractivity contribution in [3.8, 4) is 11.6 Å². The third kappa shape index (κ3) is 3.42. The highest BCUT2D eigenvalue weighted by Gasteiger charge is 2.11. The summed E-state index contributed by atoms with van der Waals surface area (Å²) in [6, 6.07) is 5.15. The molecule has 0 N–H and O–H groups in total. The summed E-state index contributed by atoms with van der Waals surface area (Å²) in [6.45, 7) is 0. The number of esters is 1. The van der Waals surface area contributed by atoms with Crippen LogP contribution in [0.1, 0.15) is 10.5 Å². The number of rotatable bonds is 3. The fourth-order valence-electron chi connectivity index (χ4n) is 1.27. The van der Waals surface area contributed by atoms with Gasteiger partial charge in [-0.2, -0.15) is 0 Å². The minimum atomic E-state index is -0.585. The van der Waals surface area contributed by atoms with Gasteiger partial charge in [-0.3, -0.25) is 4.98 Å². The lowest BCUT2D eigenvalue weighted by molar-refractivity contribution is 0.0592. The maximum Gasteiger partial charge on any atom is 0.358 e. The topological polar surface area (TPSA) is 61.3 Å². The fourth-order valence-corrected chi connectivity index (χ4v) is 1.76. The molecule has 1 aromatic carbocycles. The molecule has 0 unspecified atom stereocenters. The summed E-state index contributed by atoms with van der Waals surface area (Å²) in [7, 11) is 1.27. The van der Waals surface area contributed by atoms with Gasteiger partial charge in [-0.1, -0.05) is 27.5 Å². The molecule has 0 spiro atoms. The summed E-state index contributed by atoms with van der Waals surface area (Å²) in [5.41, 5.74) is 0.0612. The second-order valence-corrected chi connectivity index (χ2v) is 4.73. The van der Waals surface area contributed by atoms with E-state index in [0.29, 0.717) is 10.8 Å². The largest absolute Gasteiger partial charge is 0.464 e. The van der Waals surface area contributed by atoms with Gasteiger partial charge in [0.05, 0.1) is 24.5 Å². The molecule has 0 amide bonds. The van der Waals surface area contributed by atoms with Crippen LogP contribution in [0.2, 0.25) is 5.02 Å². The van der Waals surface area contributed by atoms with Gasteiger partial charge in [-0.05, 0) is 18.2 Å². The second-order valence-electron chi connectivity index (χ2n) is 3.41. The Morgan fingerprint density at radius 2 is 2.16 bits per heavy atom. The standard InChI is InChI=1S/C12H8BrClN2O3/c1-18-12(17)9-5-15-6-11(16-9)19-10-4-7(13)2-3-8(10)14/h2-6H,1H3. The van der Waals surface area contributed by atoms with E-state index in [1.54, 1.807) is 18.2 Å². The van der Waals surface area contributed by atoms with E-state index in [-0.39, 0.29) is 11.6 Å². The molecule has 0 aliphatic rings. The van der Waals surface area contributed by atoms with Crippen molar-refractivity contribution in [3.05, 3.63) is 45.8 Å². The summed E-state index contributed by atoms with van der Waals surface area (Å²) in [4.78, 5) is 19.2. The van der Waals surface area contributed by atoms with Crippen molar-refractivity contribution in [2.75, 3.05) is 7.11 Å². The first-order chi connectivity index (χ1) is 9.10. The molecule has 0 saturated carbocycles. The number of ether oxygens (including phenoxy) is 2. The Hall–Kier alpha value is -1.66. The lowest BCUT2D eigenvalue weighted by Gasteiger charge is -2.07. The van der Waals surface area contributed by atoms with Crippen molar-refractivity contribution in [1.82, 2.24) is 9.97 Å². The zero-order valence-electron chi connectivity index (χ0n) is 9.76. The predicted octanol–water partition coefficient (Wildman–Crippen LogP) is 3.47. The smallest absolute Gasteiger partial charge is 0.358 e. The van der Waals surface area contributed by atoms with Crippen molar-refractivity contribution < 1.29 is 14.3 Å². The quantitative estimate of drug-likeness (QED) is 0.799. The molecule has 2 rings (SSSR count). The normalized spacial score (nSPS) is 10.1. The third-order valence-corrected chi connectivity index (χ3v) is 2.92. The molecule has 1 aromatic heterocycles. The minimum absolute atomic E-state index is 0.0612. The monoisotopic (exact) mass is 342 g/mol. The third-order valence-electron chi connectivity index (χ3n) is 2.11. The van der Waals surface area contributed by atoms with Gasteiger partial charge in [-0.15, -0.1) is 0 Å². The van der Waals surface area contributed by atoms with E-state index >= 15 is 0 Å². The van der Waals surface area contributed by atoms with Crippen molar-refractivity contribution in [1.29, 1.82) is 0 Å². The molecule has 7 heteroatoms. The van der Waals surface area contributed by atoms with Crippen LogP contribution in [0, 0.1) is 0 Å². The van der Waals surface area contributed by atoms with E-state index < -0.39 is 5.97 Å². The SMILES string of the molecule is COC(=O)c1cncc(Oc2cc(Br)ccc2Cl)n1. The van der Waals surface area contributed by atoms with Crippen molar-refractivity contribution in [2.45, 2.75) is 0 Å². The van der Waals surface area contributed by atoms with E-state index in [2.05, 4.69) is 30.6 Å². The fraction of sp³-hybridized carbons (Fsp3) is 0.0833. The number of carbonyl (C=O) groups excluding carboxylic acids is 1. The van der Waals surface area contributed by atoms with Gasteiger partial charge in [0, 0.05) is 4.47 Å². The molecular weight excluding hydrogens is 336 g/mol. The maximum absolute atomic E-state index is 11.3. The zero-order valence-corrected chi connectivity index (χ0v) is 12.1. The summed E-state index contributed by atoms with van der Waals surface area (Å²) in [5.74, 6) is -0.0199. The Kier molecular flexibility index (Phi) is 4.34. The number of hydrogen-bond donors (Lipinski definition) is 0. The number of methoxy groups -OCH3 is 1. The highest BCUT2D eigenvalue weighted by atomic mass is 79.9. The Balaban J connectivity index is 2.28. The number of benzene rings is 1. The molecule has 0 aliphatic carbocycles. The van der Waals surface area contributed by atoms with Crippen molar-refractivity contribution >= 4 is 33.5 Å². The van der Waals surface area contributed by atoms with Crippen LogP contribution in [0.15, 0.2) is 35.1 Å². The van der Waals surface area contributed by atoms with Crippen molar-refractivity contribution in [2.24, 2.45) is 0 Å². The minimum Gasteiger partial charge on any atom is -0.464 e. The number of carbonyl (C=O) groups is 1. The number of halogens is 2. The van der Waals surface area contributed by atoms with E-state index in [0.717, 1.165) is 4.47 Å². The molecule has 0 saturated heterocycles. The molecule has 0 fully saturated rings. The first kappa shape index (κ1) is 13.8. The number of aromatic nitrogens is 2. The first-order valence-electron chi connectivity index (χ1n) is 5.13. The van der Waals surface area contributed by atoms with Gasteiger partial charge in [0.1, 0.15) is 5.75 Å². The zero-order chi connectivity index (χ0) is 13.8. The molecule has 19 heavy (non-hydrogen) atoms. The van der Waals surface area contributed by atoms with Crippen LogP contribution in [0.4, 0.5) is 0 Å². The van der Waals surface area contributed by atoms with Crippen LogP contribution in [-0.2, 0) is 4.74 Å². The van der Waals surface area contributed by atoms with Gasteiger partial charge in [-0.25, -0.2) is 9.78 Å². The number of hydrogen-bond acceptors (Lipinski definition) is 5. The molecule has 2 aromatic rings. The average molecular weight is 344 g/mol. The lowest BCUT2D eigenvalue weighted by Crippen LogP contribution is -2.05. The van der Waals surface area contributed by atoms with Gasteiger partial charge < -0.3 is 9.47 Å². The molecule has 98 valence electrons. The summed E-state index contributed by atoms with van der Waals surface area (Å²) >= 11 is 9.30. The Labute approximate surface area is 122 Å². The molecular formula is C12H8BrClN2O3. The summed E-state index contributed by atoms with van der Waals surface area (Å²) in [6.07, 6.45) is 2.67. The predicted molar refractivity (Wildman–Crippen MR) is 72.6 cm³/mol. The van der Waals surface area contributed by atoms with Crippen molar-refractivity contribution in [3.63, 3.8) is 0 Å². The Morgan fingerprint density at radius 3 is 2.89 bits per heavy atom. The summed E-state index contributed by atoms with van der Waals surface area (Å²) in [5, 5.41) is 0.425. The Morgan fingerprint density at radius 1 is 1.37 bits per heavy atom. The maximum atomic E-state index is 11.3. The van der Waals surface area contributed by atoms with Crippen LogP contribution >= 0.6 is 27.5 Å².